The zero-order chi connectivity index (χ0) is 22.6. The molecule has 0 saturated heterocycles. The minimum Gasteiger partial charge on any atom is -0.507 e. The van der Waals surface area contributed by atoms with Crippen LogP contribution in [-0.2, 0) is 27.2 Å². The fourth-order valence-electron chi connectivity index (χ4n) is 3.04. The molecule has 2 atom stereocenters. The molecule has 0 aliphatic rings. The first kappa shape index (κ1) is 24.2. The van der Waals surface area contributed by atoms with Crippen molar-refractivity contribution >= 4 is 5.97 Å². The summed E-state index contributed by atoms with van der Waals surface area (Å²) in [6.45, 7) is 9.67. The summed E-state index contributed by atoms with van der Waals surface area (Å²) in [5.41, 5.74) is 1.68. The zero-order valence-electron chi connectivity index (χ0n) is 18.1. The molecule has 1 N–H and O–H groups in total. The molecule has 2 aromatic rings. The van der Waals surface area contributed by atoms with Crippen molar-refractivity contribution in [3.8, 4) is 11.5 Å². The van der Waals surface area contributed by atoms with E-state index in [1.54, 1.807) is 25.1 Å². The second kappa shape index (κ2) is 12.6. The Labute approximate surface area is 183 Å². The minimum absolute atomic E-state index is 0.103. The fourth-order valence-corrected chi connectivity index (χ4v) is 3.04. The van der Waals surface area contributed by atoms with Gasteiger partial charge in [0.25, 0.3) is 0 Å². The SMILES string of the molecule is C=CCc1cc(OCc2ccccc2)cc(O)c1C(=O)O[C@H](C)C[C@@H](C=C)OCOC. The van der Waals surface area contributed by atoms with Crippen LogP contribution in [0.2, 0.25) is 0 Å². The third-order valence-electron chi connectivity index (χ3n) is 4.52. The molecular weight excluding hydrogens is 396 g/mol. The van der Waals surface area contributed by atoms with Gasteiger partial charge >= 0.3 is 5.97 Å². The van der Waals surface area contributed by atoms with Crippen LogP contribution in [-0.4, -0.2) is 37.2 Å². The summed E-state index contributed by atoms with van der Waals surface area (Å²) < 4.78 is 21.7. The van der Waals surface area contributed by atoms with E-state index in [1.807, 2.05) is 30.3 Å². The lowest BCUT2D eigenvalue weighted by Gasteiger charge is -2.20. The molecule has 0 aliphatic heterocycles. The van der Waals surface area contributed by atoms with Crippen molar-refractivity contribution in [2.24, 2.45) is 0 Å². The topological polar surface area (TPSA) is 74.2 Å². The Balaban J connectivity index is 2.11. The highest BCUT2D eigenvalue weighted by Crippen LogP contribution is 2.30. The highest BCUT2D eigenvalue weighted by atomic mass is 16.7. The molecule has 0 fully saturated rings. The fraction of sp³-hybridized carbons (Fsp3) is 0.320. The standard InChI is InChI=1S/C25H30O6/c1-5-10-20-14-22(29-16-19-11-8-7-9-12-19)15-23(26)24(20)25(27)31-18(3)13-21(6-2)30-17-28-4/h5-9,11-12,14-15,18,21,26H,1-2,10,13,16-17H2,3-4H3/t18-,21-/m1/s1. The molecule has 2 rings (SSSR count). The maximum Gasteiger partial charge on any atom is 0.342 e. The Morgan fingerprint density at radius 2 is 1.94 bits per heavy atom. The van der Waals surface area contributed by atoms with Crippen LogP contribution in [0.5, 0.6) is 11.5 Å². The summed E-state index contributed by atoms with van der Waals surface area (Å²) in [5, 5.41) is 10.6. The Morgan fingerprint density at radius 3 is 2.58 bits per heavy atom. The monoisotopic (exact) mass is 426 g/mol. The second-order valence-electron chi connectivity index (χ2n) is 7.04. The number of esters is 1. The summed E-state index contributed by atoms with van der Waals surface area (Å²) in [4.78, 5) is 12.8. The van der Waals surface area contributed by atoms with Crippen LogP contribution in [0.1, 0.15) is 34.8 Å². The summed E-state index contributed by atoms with van der Waals surface area (Å²) in [6.07, 6.45) is 3.29. The van der Waals surface area contributed by atoms with Crippen molar-refractivity contribution in [2.75, 3.05) is 13.9 Å². The molecule has 0 unspecified atom stereocenters. The lowest BCUT2D eigenvalue weighted by atomic mass is 10.0. The van der Waals surface area contributed by atoms with Crippen LogP contribution in [0.3, 0.4) is 0 Å². The van der Waals surface area contributed by atoms with E-state index in [9.17, 15) is 9.90 Å². The van der Waals surface area contributed by atoms with Gasteiger partial charge in [0.05, 0.1) is 6.10 Å². The molecule has 2 aromatic carbocycles. The molecule has 31 heavy (non-hydrogen) atoms. The van der Waals surface area contributed by atoms with Gasteiger partial charge in [-0.2, -0.15) is 0 Å². The Morgan fingerprint density at radius 1 is 1.19 bits per heavy atom. The van der Waals surface area contributed by atoms with Gasteiger partial charge in [-0.1, -0.05) is 42.5 Å². The minimum atomic E-state index is -0.619. The Bertz CT molecular complexity index is 862. The van der Waals surface area contributed by atoms with Crippen molar-refractivity contribution in [3.63, 3.8) is 0 Å². The lowest BCUT2D eigenvalue weighted by molar-refractivity contribution is -0.0676. The summed E-state index contributed by atoms with van der Waals surface area (Å²) >= 11 is 0. The van der Waals surface area contributed by atoms with E-state index in [1.165, 1.54) is 13.2 Å². The normalized spacial score (nSPS) is 12.6. The predicted octanol–water partition coefficient (Wildman–Crippen LogP) is 4.81. The van der Waals surface area contributed by atoms with Crippen LogP contribution in [0.15, 0.2) is 67.8 Å². The van der Waals surface area contributed by atoms with Gasteiger partial charge in [0.15, 0.2) is 0 Å². The average molecular weight is 427 g/mol. The van der Waals surface area contributed by atoms with Crippen LogP contribution in [0, 0.1) is 0 Å². The van der Waals surface area contributed by atoms with Crippen LogP contribution in [0.25, 0.3) is 0 Å². The van der Waals surface area contributed by atoms with Crippen molar-refractivity contribution < 1.29 is 28.8 Å². The van der Waals surface area contributed by atoms with Crippen LogP contribution in [0.4, 0.5) is 0 Å². The average Bonchev–Trinajstić information content (AvgIpc) is 2.75. The number of methoxy groups -OCH3 is 1. The van der Waals surface area contributed by atoms with Gasteiger partial charge in [-0.15, -0.1) is 13.2 Å². The quantitative estimate of drug-likeness (QED) is 0.281. The van der Waals surface area contributed by atoms with Crippen molar-refractivity contribution in [3.05, 3.63) is 84.5 Å². The molecule has 0 heterocycles. The smallest absolute Gasteiger partial charge is 0.342 e. The lowest BCUT2D eigenvalue weighted by Crippen LogP contribution is -2.23. The summed E-state index contributed by atoms with van der Waals surface area (Å²) in [6, 6.07) is 12.8. The highest BCUT2D eigenvalue weighted by molar-refractivity contribution is 5.94. The Kier molecular flexibility index (Phi) is 9.81. The van der Waals surface area contributed by atoms with Gasteiger partial charge < -0.3 is 24.1 Å². The van der Waals surface area contributed by atoms with E-state index in [0.29, 0.717) is 30.8 Å². The molecule has 0 saturated carbocycles. The molecule has 6 heteroatoms. The summed E-state index contributed by atoms with van der Waals surface area (Å²) in [7, 11) is 1.53. The number of hydrogen-bond acceptors (Lipinski definition) is 6. The largest absolute Gasteiger partial charge is 0.507 e. The molecule has 6 nitrogen and oxygen atoms in total. The first-order valence-corrected chi connectivity index (χ1v) is 10.1. The van der Waals surface area contributed by atoms with E-state index in [-0.39, 0.29) is 24.2 Å². The Hall–Kier alpha value is -3.09. The maximum absolute atomic E-state index is 12.8. The van der Waals surface area contributed by atoms with E-state index < -0.39 is 12.1 Å². The molecular formula is C25H30O6. The third kappa shape index (κ3) is 7.59. The van der Waals surface area contributed by atoms with Gasteiger partial charge in [0.1, 0.15) is 36.6 Å². The number of carbonyl (C=O) groups excluding carboxylic acids is 1. The number of hydrogen-bond donors (Lipinski definition) is 1. The van der Waals surface area contributed by atoms with Crippen LogP contribution < -0.4 is 4.74 Å². The number of aromatic hydroxyl groups is 1. The molecule has 0 aliphatic carbocycles. The van der Waals surface area contributed by atoms with Gasteiger partial charge in [0.2, 0.25) is 0 Å². The number of phenolic OH excluding ortho intramolecular Hbond substituents is 1. The molecule has 0 bridgehead atoms. The number of allylic oxidation sites excluding steroid dienone is 1. The molecule has 0 radical (unpaired) electrons. The van der Waals surface area contributed by atoms with Crippen molar-refractivity contribution in [1.82, 2.24) is 0 Å². The van der Waals surface area contributed by atoms with Gasteiger partial charge in [-0.25, -0.2) is 4.79 Å². The van der Waals surface area contributed by atoms with E-state index >= 15 is 0 Å². The number of rotatable bonds is 13. The zero-order valence-corrected chi connectivity index (χ0v) is 18.1. The first-order chi connectivity index (χ1) is 15.0. The molecule has 0 spiro atoms. The molecule has 166 valence electrons. The van der Waals surface area contributed by atoms with Crippen molar-refractivity contribution in [1.29, 1.82) is 0 Å². The summed E-state index contributed by atoms with van der Waals surface area (Å²) in [5.74, 6) is -0.357. The third-order valence-corrected chi connectivity index (χ3v) is 4.52. The number of ether oxygens (including phenoxy) is 4. The molecule has 0 aromatic heterocycles. The first-order valence-electron chi connectivity index (χ1n) is 10.1. The van der Waals surface area contributed by atoms with Crippen LogP contribution >= 0.6 is 0 Å². The van der Waals surface area contributed by atoms with Gasteiger partial charge in [0, 0.05) is 19.6 Å². The number of phenols is 1. The predicted molar refractivity (Wildman–Crippen MR) is 119 cm³/mol. The molecule has 0 amide bonds. The van der Waals surface area contributed by atoms with E-state index in [2.05, 4.69) is 13.2 Å². The number of benzene rings is 2. The highest BCUT2D eigenvalue weighted by Gasteiger charge is 2.22. The van der Waals surface area contributed by atoms with Crippen molar-refractivity contribution in [2.45, 2.75) is 38.6 Å². The van der Waals surface area contributed by atoms with E-state index in [0.717, 1.165) is 5.56 Å². The maximum atomic E-state index is 12.8. The van der Waals surface area contributed by atoms with E-state index in [4.69, 9.17) is 18.9 Å². The number of carbonyl (C=O) groups is 1. The van der Waals surface area contributed by atoms with Gasteiger partial charge in [-0.3, -0.25) is 0 Å². The second-order valence-corrected chi connectivity index (χ2v) is 7.04. The van der Waals surface area contributed by atoms with Gasteiger partial charge in [-0.05, 0) is 30.5 Å².